The molecule has 8 heteroatoms. The minimum absolute atomic E-state index is 0.103. The normalized spacial score (nSPS) is 20.2. The highest BCUT2D eigenvalue weighted by Crippen LogP contribution is 2.38. The molecule has 26 heavy (non-hydrogen) atoms. The van der Waals surface area contributed by atoms with Gasteiger partial charge in [-0.05, 0) is 30.5 Å². The Morgan fingerprint density at radius 2 is 2.12 bits per heavy atom. The maximum atomic E-state index is 12.4. The van der Waals surface area contributed by atoms with Crippen LogP contribution in [0, 0.1) is 0 Å². The van der Waals surface area contributed by atoms with Gasteiger partial charge in [-0.15, -0.1) is 0 Å². The largest absolute Gasteiger partial charge is 0.370 e. The Labute approximate surface area is 156 Å². The van der Waals surface area contributed by atoms with Crippen molar-refractivity contribution in [3.63, 3.8) is 0 Å². The van der Waals surface area contributed by atoms with Crippen LogP contribution in [0.4, 0.5) is 4.79 Å². The van der Waals surface area contributed by atoms with Gasteiger partial charge in [0.25, 0.3) is 0 Å². The lowest BCUT2D eigenvalue weighted by Gasteiger charge is -2.33. The fourth-order valence-corrected chi connectivity index (χ4v) is 3.10. The number of morpholine rings is 1. The minimum Gasteiger partial charge on any atom is -0.370 e. The van der Waals surface area contributed by atoms with Crippen LogP contribution in [0.15, 0.2) is 28.8 Å². The van der Waals surface area contributed by atoms with Crippen LogP contribution in [0.3, 0.4) is 0 Å². The number of urea groups is 1. The number of carbonyl (C=O) groups is 1. The second-order valence-electron chi connectivity index (χ2n) is 6.66. The third-order valence-corrected chi connectivity index (χ3v) is 4.89. The lowest BCUT2D eigenvalue weighted by Crippen LogP contribution is -2.47. The standard InChI is InChI=1S/C18H21ClN4O3/c19-14-5-3-12(4-6-14)15-11-23(9-10-25-15)18(24)20-8-7-16-21-17(22-26-16)13-1-2-13/h3-6,13,15H,1-2,7-11H2,(H,20,24)/t15-/m0/s1. The van der Waals surface area contributed by atoms with Gasteiger partial charge in [-0.25, -0.2) is 4.79 Å². The van der Waals surface area contributed by atoms with E-state index in [1.807, 2.05) is 24.3 Å². The van der Waals surface area contributed by atoms with Gasteiger partial charge in [0.1, 0.15) is 6.10 Å². The third kappa shape index (κ3) is 4.16. The molecule has 1 saturated heterocycles. The molecule has 1 aliphatic heterocycles. The van der Waals surface area contributed by atoms with E-state index in [1.54, 1.807) is 4.90 Å². The number of ether oxygens (including phenoxy) is 1. The van der Waals surface area contributed by atoms with Crippen molar-refractivity contribution in [1.82, 2.24) is 20.4 Å². The first-order valence-electron chi connectivity index (χ1n) is 8.91. The molecule has 4 rings (SSSR count). The molecule has 0 unspecified atom stereocenters. The molecule has 138 valence electrons. The van der Waals surface area contributed by atoms with Crippen LogP contribution in [0.5, 0.6) is 0 Å². The van der Waals surface area contributed by atoms with Crippen LogP contribution in [0.2, 0.25) is 5.02 Å². The van der Waals surface area contributed by atoms with E-state index in [-0.39, 0.29) is 12.1 Å². The number of rotatable bonds is 5. The highest BCUT2D eigenvalue weighted by Gasteiger charge is 2.29. The average molecular weight is 377 g/mol. The molecule has 2 aromatic rings. The zero-order valence-electron chi connectivity index (χ0n) is 14.4. The van der Waals surface area contributed by atoms with E-state index in [4.69, 9.17) is 20.9 Å². The Morgan fingerprint density at radius 3 is 2.88 bits per heavy atom. The van der Waals surface area contributed by atoms with E-state index in [1.165, 1.54) is 0 Å². The summed E-state index contributed by atoms with van der Waals surface area (Å²) in [7, 11) is 0. The van der Waals surface area contributed by atoms with Gasteiger partial charge in [-0.1, -0.05) is 28.9 Å². The molecule has 2 heterocycles. The van der Waals surface area contributed by atoms with Crippen molar-refractivity contribution in [2.45, 2.75) is 31.3 Å². The molecule has 2 aliphatic rings. The Bertz CT molecular complexity index is 760. The van der Waals surface area contributed by atoms with Crippen molar-refractivity contribution >= 4 is 17.6 Å². The van der Waals surface area contributed by atoms with Crippen LogP contribution in [0.25, 0.3) is 0 Å². The number of amides is 2. The average Bonchev–Trinajstić information content (AvgIpc) is 3.41. The highest BCUT2D eigenvalue weighted by atomic mass is 35.5. The lowest BCUT2D eigenvalue weighted by molar-refractivity contribution is -0.0154. The van der Waals surface area contributed by atoms with Crippen LogP contribution in [-0.2, 0) is 11.2 Å². The smallest absolute Gasteiger partial charge is 0.317 e. The number of halogens is 1. The number of aromatic nitrogens is 2. The summed E-state index contributed by atoms with van der Waals surface area (Å²) in [4.78, 5) is 18.6. The minimum atomic E-state index is -0.135. The summed E-state index contributed by atoms with van der Waals surface area (Å²) in [6.45, 7) is 2.06. The quantitative estimate of drug-likeness (QED) is 0.867. The Morgan fingerprint density at radius 1 is 1.31 bits per heavy atom. The number of nitrogens with one attached hydrogen (secondary N) is 1. The fourth-order valence-electron chi connectivity index (χ4n) is 2.98. The monoisotopic (exact) mass is 376 g/mol. The molecule has 0 radical (unpaired) electrons. The van der Waals surface area contributed by atoms with Crippen LogP contribution in [-0.4, -0.2) is 47.3 Å². The Balaban J connectivity index is 1.26. The Hall–Kier alpha value is -2.12. The summed E-state index contributed by atoms with van der Waals surface area (Å²) in [6, 6.07) is 7.43. The van der Waals surface area contributed by atoms with Crippen molar-refractivity contribution in [2.24, 2.45) is 0 Å². The predicted molar refractivity (Wildman–Crippen MR) is 95.1 cm³/mol. The second kappa shape index (κ2) is 7.63. The van der Waals surface area contributed by atoms with Crippen molar-refractivity contribution in [2.75, 3.05) is 26.2 Å². The van der Waals surface area contributed by atoms with Gasteiger partial charge in [0.15, 0.2) is 5.82 Å². The SMILES string of the molecule is O=C(NCCc1nc(C2CC2)no1)N1CCO[C@H](c2ccc(Cl)cc2)C1. The number of hydrogen-bond donors (Lipinski definition) is 1. The molecule has 2 amide bonds. The first kappa shape index (κ1) is 17.3. The van der Waals surface area contributed by atoms with Crippen LogP contribution >= 0.6 is 11.6 Å². The summed E-state index contributed by atoms with van der Waals surface area (Å²) in [5.74, 6) is 1.85. The maximum absolute atomic E-state index is 12.4. The van der Waals surface area contributed by atoms with Gasteiger partial charge in [0, 0.05) is 30.5 Å². The Kier molecular flexibility index (Phi) is 5.08. The third-order valence-electron chi connectivity index (χ3n) is 4.64. The molecule has 2 fully saturated rings. The molecule has 1 aromatic heterocycles. The van der Waals surface area contributed by atoms with E-state index in [9.17, 15) is 4.79 Å². The number of hydrogen-bond acceptors (Lipinski definition) is 5. The molecule has 1 N–H and O–H groups in total. The molecule has 0 bridgehead atoms. The summed E-state index contributed by atoms with van der Waals surface area (Å²) in [6.07, 6.45) is 2.68. The zero-order chi connectivity index (χ0) is 17.9. The highest BCUT2D eigenvalue weighted by molar-refractivity contribution is 6.30. The van der Waals surface area contributed by atoms with E-state index in [0.717, 1.165) is 24.2 Å². The fraction of sp³-hybridized carbons (Fsp3) is 0.500. The predicted octanol–water partition coefficient (Wildman–Crippen LogP) is 2.93. The van der Waals surface area contributed by atoms with E-state index in [0.29, 0.717) is 49.5 Å². The van der Waals surface area contributed by atoms with Gasteiger partial charge in [-0.3, -0.25) is 0 Å². The topological polar surface area (TPSA) is 80.5 Å². The van der Waals surface area contributed by atoms with Crippen LogP contribution in [0.1, 0.15) is 42.1 Å². The molecule has 1 atom stereocenters. The van der Waals surface area contributed by atoms with Crippen molar-refractivity contribution in [3.8, 4) is 0 Å². The van der Waals surface area contributed by atoms with Gasteiger partial charge >= 0.3 is 6.03 Å². The summed E-state index contributed by atoms with van der Waals surface area (Å²) >= 11 is 5.93. The van der Waals surface area contributed by atoms with Crippen molar-refractivity contribution < 1.29 is 14.1 Å². The molecule has 7 nitrogen and oxygen atoms in total. The van der Waals surface area contributed by atoms with Gasteiger partial charge in [0.05, 0.1) is 13.2 Å². The van der Waals surface area contributed by atoms with Crippen LogP contribution < -0.4 is 5.32 Å². The van der Waals surface area contributed by atoms with Crippen molar-refractivity contribution in [3.05, 3.63) is 46.6 Å². The van der Waals surface area contributed by atoms with Gasteiger partial charge in [0.2, 0.25) is 5.89 Å². The van der Waals surface area contributed by atoms with E-state index >= 15 is 0 Å². The maximum Gasteiger partial charge on any atom is 0.317 e. The van der Waals surface area contributed by atoms with Crippen molar-refractivity contribution in [1.29, 1.82) is 0 Å². The first-order valence-corrected chi connectivity index (χ1v) is 9.29. The summed E-state index contributed by atoms with van der Waals surface area (Å²) in [5.41, 5.74) is 1.02. The molecule has 0 spiro atoms. The number of benzene rings is 1. The van der Waals surface area contributed by atoms with E-state index < -0.39 is 0 Å². The number of nitrogens with zero attached hydrogens (tertiary/aromatic N) is 3. The molecular formula is C18H21ClN4O3. The lowest BCUT2D eigenvalue weighted by atomic mass is 10.1. The summed E-state index contributed by atoms with van der Waals surface area (Å²) < 4.78 is 11.0. The number of carbonyl (C=O) groups excluding carboxylic acids is 1. The molecule has 1 saturated carbocycles. The molecular weight excluding hydrogens is 356 g/mol. The first-order chi connectivity index (χ1) is 12.7. The second-order valence-corrected chi connectivity index (χ2v) is 7.10. The molecule has 1 aromatic carbocycles. The van der Waals surface area contributed by atoms with Gasteiger partial charge in [-0.2, -0.15) is 4.98 Å². The molecule has 1 aliphatic carbocycles. The van der Waals surface area contributed by atoms with Gasteiger partial charge < -0.3 is 19.5 Å². The summed E-state index contributed by atoms with van der Waals surface area (Å²) in [5, 5.41) is 7.58. The zero-order valence-corrected chi connectivity index (χ0v) is 15.1. The van der Waals surface area contributed by atoms with E-state index in [2.05, 4.69) is 15.5 Å².